The Balaban J connectivity index is 1.70. The average Bonchev–Trinajstić information content (AvgIpc) is 2.77. The number of amides is 1. The van der Waals surface area contributed by atoms with E-state index < -0.39 is 11.7 Å². The molecule has 3 rings (SSSR count). The molecule has 8 nitrogen and oxygen atoms in total. The minimum atomic E-state index is -0.583. The second-order valence-electron chi connectivity index (χ2n) is 5.92. The maximum Gasteiger partial charge on any atom is 0.291 e. The van der Waals surface area contributed by atoms with E-state index in [4.69, 9.17) is 9.47 Å². The Morgan fingerprint density at radius 2 is 1.97 bits per heavy atom. The number of ether oxygens (including phenoxy) is 2. The van der Waals surface area contributed by atoms with Gasteiger partial charge in [0.05, 0.1) is 37.5 Å². The van der Waals surface area contributed by atoms with Gasteiger partial charge in [-0.2, -0.15) is 5.10 Å². The number of aromatic nitrogens is 3. The number of rotatable bonds is 8. The van der Waals surface area contributed by atoms with Crippen molar-refractivity contribution in [3.8, 4) is 22.9 Å². The molecular formula is C21H20FN5O3. The van der Waals surface area contributed by atoms with E-state index >= 15 is 0 Å². The summed E-state index contributed by atoms with van der Waals surface area (Å²) < 4.78 is 24.5. The molecule has 1 amide bonds. The van der Waals surface area contributed by atoms with E-state index in [2.05, 4.69) is 25.5 Å². The number of nitrogens with one attached hydrogen (secondary N) is 1. The maximum atomic E-state index is 13.9. The number of benzene rings is 1. The van der Waals surface area contributed by atoms with Gasteiger partial charge in [-0.05, 0) is 38.1 Å². The zero-order chi connectivity index (χ0) is 21.3. The van der Waals surface area contributed by atoms with Gasteiger partial charge in [-0.15, -0.1) is 0 Å². The van der Waals surface area contributed by atoms with Gasteiger partial charge in [0, 0.05) is 23.4 Å². The fourth-order valence-electron chi connectivity index (χ4n) is 2.47. The first-order valence-electron chi connectivity index (χ1n) is 9.27. The highest BCUT2D eigenvalue weighted by Gasteiger charge is 2.10. The topological polar surface area (TPSA) is 98.6 Å². The molecule has 1 N–H and O–H groups in total. The summed E-state index contributed by atoms with van der Waals surface area (Å²) in [4.78, 5) is 24.8. The van der Waals surface area contributed by atoms with Crippen LogP contribution in [0.5, 0.6) is 11.6 Å². The smallest absolute Gasteiger partial charge is 0.291 e. The molecule has 0 aliphatic rings. The second-order valence-corrected chi connectivity index (χ2v) is 5.92. The zero-order valence-electron chi connectivity index (χ0n) is 16.5. The Morgan fingerprint density at radius 1 is 1.13 bits per heavy atom. The number of carbonyl (C=O) groups is 1. The van der Waals surface area contributed by atoms with E-state index in [0.717, 1.165) is 0 Å². The summed E-state index contributed by atoms with van der Waals surface area (Å²) in [5, 5.41) is 3.80. The Hall–Kier alpha value is -3.88. The molecule has 0 fully saturated rings. The van der Waals surface area contributed by atoms with Crippen molar-refractivity contribution in [1.29, 1.82) is 0 Å². The van der Waals surface area contributed by atoms with Crippen molar-refractivity contribution in [2.45, 2.75) is 13.8 Å². The molecule has 0 radical (unpaired) electrons. The van der Waals surface area contributed by atoms with E-state index in [0.29, 0.717) is 36.1 Å². The van der Waals surface area contributed by atoms with Crippen molar-refractivity contribution in [2.75, 3.05) is 13.2 Å². The third kappa shape index (κ3) is 5.34. The molecule has 9 heteroatoms. The van der Waals surface area contributed by atoms with Crippen LogP contribution in [0.25, 0.3) is 11.3 Å². The number of halogens is 1. The Bertz CT molecular complexity index is 1040. The third-order valence-electron chi connectivity index (χ3n) is 3.84. The summed E-state index contributed by atoms with van der Waals surface area (Å²) in [7, 11) is 0. The molecule has 2 aromatic heterocycles. The summed E-state index contributed by atoms with van der Waals surface area (Å²) in [6.07, 6.45) is 5.62. The van der Waals surface area contributed by atoms with Gasteiger partial charge >= 0.3 is 0 Å². The van der Waals surface area contributed by atoms with Crippen LogP contribution in [0.1, 0.15) is 29.9 Å². The van der Waals surface area contributed by atoms with E-state index in [1.165, 1.54) is 36.8 Å². The van der Waals surface area contributed by atoms with Crippen molar-refractivity contribution < 1.29 is 18.7 Å². The lowest BCUT2D eigenvalue weighted by molar-refractivity contribution is 0.0950. The van der Waals surface area contributed by atoms with E-state index in [1.54, 1.807) is 18.3 Å². The van der Waals surface area contributed by atoms with E-state index in [-0.39, 0.29) is 11.3 Å². The van der Waals surface area contributed by atoms with Crippen LogP contribution < -0.4 is 14.9 Å². The third-order valence-corrected chi connectivity index (χ3v) is 3.84. The lowest BCUT2D eigenvalue weighted by Gasteiger charge is -2.05. The largest absolute Gasteiger partial charge is 0.494 e. The maximum absolute atomic E-state index is 13.9. The minimum absolute atomic E-state index is 0.0575. The second kappa shape index (κ2) is 10.1. The number of hydrogen-bond acceptors (Lipinski definition) is 7. The molecule has 0 atom stereocenters. The van der Waals surface area contributed by atoms with Crippen LogP contribution in [0.3, 0.4) is 0 Å². The molecule has 30 heavy (non-hydrogen) atoms. The highest BCUT2D eigenvalue weighted by Crippen LogP contribution is 2.18. The molecule has 2 heterocycles. The number of hydrogen-bond donors (Lipinski definition) is 1. The lowest BCUT2D eigenvalue weighted by atomic mass is 10.2. The highest BCUT2D eigenvalue weighted by molar-refractivity contribution is 5.93. The van der Waals surface area contributed by atoms with Gasteiger partial charge in [-0.1, -0.05) is 0 Å². The normalized spacial score (nSPS) is 10.8. The van der Waals surface area contributed by atoms with Crippen LogP contribution in [0.15, 0.2) is 54.0 Å². The molecule has 0 saturated carbocycles. The van der Waals surface area contributed by atoms with Gasteiger partial charge in [-0.25, -0.2) is 19.8 Å². The predicted molar refractivity (Wildman–Crippen MR) is 109 cm³/mol. The van der Waals surface area contributed by atoms with E-state index in [1.807, 2.05) is 13.8 Å². The van der Waals surface area contributed by atoms with Crippen LogP contribution in [-0.2, 0) is 0 Å². The molecule has 0 aliphatic carbocycles. The summed E-state index contributed by atoms with van der Waals surface area (Å²) in [5.74, 6) is -0.0607. The van der Waals surface area contributed by atoms with Gasteiger partial charge in [0.2, 0.25) is 5.88 Å². The molecule has 0 bridgehead atoms. The molecule has 0 saturated heterocycles. The van der Waals surface area contributed by atoms with Gasteiger partial charge in [0.15, 0.2) is 0 Å². The monoisotopic (exact) mass is 409 g/mol. The lowest BCUT2D eigenvalue weighted by Crippen LogP contribution is -2.19. The van der Waals surface area contributed by atoms with Crippen LogP contribution in [0.4, 0.5) is 4.39 Å². The standard InChI is InChI=1S/C21H20FN5O3/c1-3-29-16-6-7-17(22)15(9-16)11-25-27-21(28)19-13-23-12-18(26-19)14-5-8-20(24-10-14)30-4-2/h5-13H,3-4H2,1-2H3,(H,27,28)/b25-11+. The molecule has 0 unspecified atom stereocenters. The summed E-state index contributed by atoms with van der Waals surface area (Å²) in [5.41, 5.74) is 3.70. The zero-order valence-corrected chi connectivity index (χ0v) is 16.5. The predicted octanol–water partition coefficient (Wildman–Crippen LogP) is 3.24. The SMILES string of the molecule is CCOc1ccc(F)c(/C=N/NC(=O)c2cncc(-c3ccc(OCC)nc3)n2)c1. The first-order chi connectivity index (χ1) is 14.6. The van der Waals surface area contributed by atoms with Crippen molar-refractivity contribution in [1.82, 2.24) is 20.4 Å². The van der Waals surface area contributed by atoms with Crippen LogP contribution in [-0.4, -0.2) is 40.3 Å². The molecular weight excluding hydrogens is 389 g/mol. The minimum Gasteiger partial charge on any atom is -0.494 e. The van der Waals surface area contributed by atoms with Gasteiger partial charge < -0.3 is 9.47 Å². The molecule has 0 spiro atoms. The molecule has 0 aliphatic heterocycles. The number of hydrazone groups is 1. The molecule has 154 valence electrons. The van der Waals surface area contributed by atoms with Gasteiger partial charge in [-0.3, -0.25) is 9.78 Å². The molecule has 1 aromatic carbocycles. The van der Waals surface area contributed by atoms with Gasteiger partial charge in [0.25, 0.3) is 5.91 Å². The Labute approximate surface area is 172 Å². The average molecular weight is 409 g/mol. The summed E-state index contributed by atoms with van der Waals surface area (Å²) in [6, 6.07) is 7.77. The quantitative estimate of drug-likeness (QED) is 0.453. The van der Waals surface area contributed by atoms with Crippen LogP contribution in [0.2, 0.25) is 0 Å². The van der Waals surface area contributed by atoms with Crippen molar-refractivity contribution in [3.05, 3.63) is 66.0 Å². The summed E-state index contributed by atoms with van der Waals surface area (Å²) in [6.45, 7) is 4.67. The number of pyridine rings is 1. The Kier molecular flexibility index (Phi) is 6.99. The Morgan fingerprint density at radius 3 is 2.70 bits per heavy atom. The first-order valence-corrected chi connectivity index (χ1v) is 9.27. The van der Waals surface area contributed by atoms with Crippen molar-refractivity contribution in [2.24, 2.45) is 5.10 Å². The highest BCUT2D eigenvalue weighted by atomic mass is 19.1. The molecule has 3 aromatic rings. The number of nitrogens with zero attached hydrogens (tertiary/aromatic N) is 4. The fraction of sp³-hybridized carbons (Fsp3) is 0.190. The van der Waals surface area contributed by atoms with E-state index in [9.17, 15) is 9.18 Å². The van der Waals surface area contributed by atoms with Crippen molar-refractivity contribution in [3.63, 3.8) is 0 Å². The number of carbonyl (C=O) groups excluding carboxylic acids is 1. The van der Waals surface area contributed by atoms with Crippen LogP contribution >= 0.6 is 0 Å². The first kappa shape index (κ1) is 20.8. The van der Waals surface area contributed by atoms with Crippen LogP contribution in [0, 0.1) is 5.82 Å². The fourth-order valence-corrected chi connectivity index (χ4v) is 2.47. The van der Waals surface area contributed by atoms with Crippen molar-refractivity contribution >= 4 is 12.1 Å². The van der Waals surface area contributed by atoms with Gasteiger partial charge in [0.1, 0.15) is 17.3 Å². The summed E-state index contributed by atoms with van der Waals surface area (Å²) >= 11 is 0.